The summed E-state index contributed by atoms with van der Waals surface area (Å²) in [4.78, 5) is 7.30. The lowest BCUT2D eigenvalue weighted by molar-refractivity contribution is 0.476. The van der Waals surface area contributed by atoms with Gasteiger partial charge in [0.05, 0.1) is 11.9 Å². The normalized spacial score (nSPS) is 11.1. The maximum atomic E-state index is 10.9. The Balaban J connectivity index is 2.78. The molecule has 1 aromatic heterocycles. The van der Waals surface area contributed by atoms with E-state index in [9.17, 15) is 8.42 Å². The molecule has 0 saturated heterocycles. The van der Waals surface area contributed by atoms with Gasteiger partial charge < -0.3 is 4.18 Å². The van der Waals surface area contributed by atoms with Crippen LogP contribution in [0.15, 0.2) is 18.6 Å². The van der Waals surface area contributed by atoms with E-state index in [0.717, 1.165) is 0 Å². The average Bonchev–Trinajstić information content (AvgIpc) is 2.06. The van der Waals surface area contributed by atoms with Crippen molar-refractivity contribution >= 4 is 10.1 Å². The molecule has 0 radical (unpaired) electrons. The highest BCUT2D eigenvalue weighted by Gasteiger charge is 2.09. The van der Waals surface area contributed by atoms with Crippen molar-refractivity contribution in [3.63, 3.8) is 0 Å². The molecule has 1 aromatic rings. The first-order valence-corrected chi connectivity index (χ1v) is 4.90. The van der Waals surface area contributed by atoms with Gasteiger partial charge in [-0.2, -0.15) is 8.42 Å². The SMILES string of the molecule is CCS(=O)(=O)Oc1cnccn1. The molecular weight excluding hydrogens is 180 g/mol. The van der Waals surface area contributed by atoms with Gasteiger partial charge in [0.15, 0.2) is 0 Å². The van der Waals surface area contributed by atoms with E-state index in [2.05, 4.69) is 14.2 Å². The molecule has 0 amide bonds. The Bertz CT molecular complexity index is 335. The summed E-state index contributed by atoms with van der Waals surface area (Å²) in [7, 11) is -3.48. The summed E-state index contributed by atoms with van der Waals surface area (Å²) in [6.45, 7) is 1.49. The molecule has 0 aliphatic heterocycles. The zero-order valence-electron chi connectivity index (χ0n) is 6.47. The Morgan fingerprint density at radius 3 is 2.75 bits per heavy atom. The Morgan fingerprint density at radius 2 is 2.25 bits per heavy atom. The van der Waals surface area contributed by atoms with Crippen LogP contribution >= 0.6 is 0 Å². The van der Waals surface area contributed by atoms with Gasteiger partial charge >= 0.3 is 10.1 Å². The zero-order valence-corrected chi connectivity index (χ0v) is 7.28. The summed E-state index contributed by atoms with van der Waals surface area (Å²) in [5.74, 6) is -0.0804. The summed E-state index contributed by atoms with van der Waals surface area (Å²) < 4.78 is 26.3. The highest BCUT2D eigenvalue weighted by atomic mass is 32.2. The largest absolute Gasteiger partial charge is 0.360 e. The van der Waals surface area contributed by atoms with E-state index in [1.807, 2.05) is 0 Å². The van der Waals surface area contributed by atoms with E-state index in [1.54, 1.807) is 0 Å². The third-order valence-corrected chi connectivity index (χ3v) is 2.24. The monoisotopic (exact) mass is 188 g/mol. The molecular formula is C6H8N2O3S. The van der Waals surface area contributed by atoms with Gasteiger partial charge in [-0.05, 0) is 6.92 Å². The number of hydrogen-bond acceptors (Lipinski definition) is 5. The van der Waals surface area contributed by atoms with Crippen molar-refractivity contribution in [1.82, 2.24) is 9.97 Å². The smallest absolute Gasteiger partial charge is 0.310 e. The molecule has 12 heavy (non-hydrogen) atoms. The van der Waals surface area contributed by atoms with Crippen LogP contribution in [0.25, 0.3) is 0 Å². The Hall–Kier alpha value is -1.17. The number of aromatic nitrogens is 2. The van der Waals surface area contributed by atoms with Gasteiger partial charge in [-0.25, -0.2) is 4.98 Å². The minimum Gasteiger partial charge on any atom is -0.360 e. The zero-order chi connectivity index (χ0) is 9.03. The third-order valence-electron chi connectivity index (χ3n) is 1.11. The third kappa shape index (κ3) is 2.46. The van der Waals surface area contributed by atoms with Crippen LogP contribution in [0.5, 0.6) is 5.88 Å². The van der Waals surface area contributed by atoms with Crippen LogP contribution in [0.4, 0.5) is 0 Å². The van der Waals surface area contributed by atoms with E-state index >= 15 is 0 Å². The second-order valence-corrected chi connectivity index (χ2v) is 3.83. The fraction of sp³-hybridized carbons (Fsp3) is 0.333. The van der Waals surface area contributed by atoms with E-state index < -0.39 is 10.1 Å². The predicted octanol–water partition coefficient (Wildman–Crippen LogP) is 0.205. The highest BCUT2D eigenvalue weighted by molar-refractivity contribution is 7.87. The van der Waals surface area contributed by atoms with Crippen molar-refractivity contribution in [2.75, 3.05) is 5.75 Å². The van der Waals surface area contributed by atoms with Crippen molar-refractivity contribution in [1.29, 1.82) is 0 Å². The van der Waals surface area contributed by atoms with Gasteiger partial charge in [0.2, 0.25) is 0 Å². The van der Waals surface area contributed by atoms with E-state index in [1.165, 1.54) is 25.5 Å². The van der Waals surface area contributed by atoms with Gasteiger partial charge in [-0.15, -0.1) is 0 Å². The molecule has 0 unspecified atom stereocenters. The van der Waals surface area contributed by atoms with Crippen molar-refractivity contribution in [3.8, 4) is 5.88 Å². The van der Waals surface area contributed by atoms with E-state index in [4.69, 9.17) is 0 Å². The Kier molecular flexibility index (Phi) is 2.59. The molecule has 66 valence electrons. The molecule has 0 aromatic carbocycles. The van der Waals surface area contributed by atoms with Crippen molar-refractivity contribution in [3.05, 3.63) is 18.6 Å². The van der Waals surface area contributed by atoms with Crippen LogP contribution < -0.4 is 4.18 Å². The van der Waals surface area contributed by atoms with Crippen LogP contribution in [0.2, 0.25) is 0 Å². The molecule has 0 fully saturated rings. The van der Waals surface area contributed by atoms with Crippen molar-refractivity contribution in [2.24, 2.45) is 0 Å². The number of rotatable bonds is 3. The Morgan fingerprint density at radius 1 is 1.50 bits per heavy atom. The quantitative estimate of drug-likeness (QED) is 0.634. The van der Waals surface area contributed by atoms with Gasteiger partial charge in [0.1, 0.15) is 0 Å². The van der Waals surface area contributed by atoms with E-state index in [0.29, 0.717) is 0 Å². The standard InChI is InChI=1S/C6H8N2O3S/c1-2-12(9,10)11-6-5-7-3-4-8-6/h3-5H,2H2,1H3. The first-order chi connectivity index (χ1) is 5.64. The van der Waals surface area contributed by atoms with Crippen molar-refractivity contribution in [2.45, 2.75) is 6.92 Å². The first kappa shape index (κ1) is 8.92. The number of nitrogens with zero attached hydrogens (tertiary/aromatic N) is 2. The van der Waals surface area contributed by atoms with Gasteiger partial charge in [-0.1, -0.05) is 0 Å². The lowest BCUT2D eigenvalue weighted by Gasteiger charge is -2.01. The minimum absolute atomic E-state index is 0.000602. The van der Waals surface area contributed by atoms with Gasteiger partial charge in [0, 0.05) is 12.4 Å². The first-order valence-electron chi connectivity index (χ1n) is 3.32. The molecule has 0 aliphatic rings. The number of hydrogen-bond donors (Lipinski definition) is 0. The average molecular weight is 188 g/mol. The maximum Gasteiger partial charge on any atom is 0.310 e. The lowest BCUT2D eigenvalue weighted by atomic mass is 10.7. The second-order valence-electron chi connectivity index (χ2n) is 1.97. The van der Waals surface area contributed by atoms with E-state index in [-0.39, 0.29) is 11.6 Å². The molecule has 0 spiro atoms. The summed E-state index contributed by atoms with van der Waals surface area (Å²) >= 11 is 0. The lowest BCUT2D eigenvalue weighted by Crippen LogP contribution is -2.12. The summed E-state index contributed by atoms with van der Waals surface area (Å²) in [6, 6.07) is 0. The molecule has 0 bridgehead atoms. The van der Waals surface area contributed by atoms with Crippen molar-refractivity contribution < 1.29 is 12.6 Å². The molecule has 0 aliphatic carbocycles. The molecule has 0 saturated carbocycles. The Labute approximate surface area is 70.5 Å². The molecule has 1 rings (SSSR count). The van der Waals surface area contributed by atoms with Gasteiger partial charge in [0.25, 0.3) is 5.88 Å². The molecule has 6 heteroatoms. The molecule has 0 atom stereocenters. The minimum atomic E-state index is -3.48. The fourth-order valence-electron chi connectivity index (χ4n) is 0.517. The van der Waals surface area contributed by atoms with Gasteiger partial charge in [-0.3, -0.25) is 4.98 Å². The topological polar surface area (TPSA) is 69.2 Å². The summed E-state index contributed by atoms with van der Waals surface area (Å²) in [5, 5.41) is 0. The predicted molar refractivity (Wildman–Crippen MR) is 42.1 cm³/mol. The van der Waals surface area contributed by atoms with Crippen LogP contribution in [-0.4, -0.2) is 24.1 Å². The molecule has 1 heterocycles. The van der Waals surface area contributed by atoms with Crippen LogP contribution in [0.3, 0.4) is 0 Å². The molecule has 0 N–H and O–H groups in total. The van der Waals surface area contributed by atoms with Crippen LogP contribution in [0, 0.1) is 0 Å². The summed E-state index contributed by atoms with van der Waals surface area (Å²) in [6.07, 6.45) is 4.04. The molecule has 5 nitrogen and oxygen atoms in total. The van der Waals surface area contributed by atoms with Crippen LogP contribution in [0.1, 0.15) is 6.92 Å². The second kappa shape index (κ2) is 3.48. The maximum absolute atomic E-state index is 10.9. The van der Waals surface area contributed by atoms with Crippen LogP contribution in [-0.2, 0) is 10.1 Å². The summed E-state index contributed by atoms with van der Waals surface area (Å²) in [5.41, 5.74) is 0. The highest BCUT2D eigenvalue weighted by Crippen LogP contribution is 2.04. The fourth-order valence-corrected chi connectivity index (χ4v) is 0.982.